The predicted octanol–water partition coefficient (Wildman–Crippen LogP) is 2.96. The summed E-state index contributed by atoms with van der Waals surface area (Å²) in [6, 6.07) is 0. The van der Waals surface area contributed by atoms with Gasteiger partial charge in [-0.1, -0.05) is 20.8 Å². The summed E-state index contributed by atoms with van der Waals surface area (Å²) >= 11 is 0. The first-order chi connectivity index (χ1) is 9.10. The zero-order valence-corrected chi connectivity index (χ0v) is 14.0. The molecule has 1 aromatic rings. The summed E-state index contributed by atoms with van der Waals surface area (Å²) in [6.07, 6.45) is 0. The van der Waals surface area contributed by atoms with Gasteiger partial charge in [0.25, 0.3) is 0 Å². The van der Waals surface area contributed by atoms with Crippen molar-refractivity contribution >= 4 is 11.6 Å². The Hall–Kier alpha value is -1.36. The second kappa shape index (κ2) is 5.95. The molecule has 0 amide bonds. The van der Waals surface area contributed by atoms with Crippen molar-refractivity contribution in [3.63, 3.8) is 0 Å². The maximum atomic E-state index is 5.25. The van der Waals surface area contributed by atoms with E-state index in [0.29, 0.717) is 6.61 Å². The molecule has 1 aromatic heterocycles. The van der Waals surface area contributed by atoms with Crippen molar-refractivity contribution in [2.75, 3.05) is 31.4 Å². The molecular weight excluding hydrogens is 252 g/mol. The lowest BCUT2D eigenvalue weighted by Gasteiger charge is -2.28. The Morgan fingerprint density at radius 2 is 1.60 bits per heavy atom. The van der Waals surface area contributed by atoms with E-state index in [9.17, 15) is 0 Å². The lowest BCUT2D eigenvalue weighted by molar-refractivity contribution is 0.158. The molecule has 114 valence electrons. The highest BCUT2D eigenvalue weighted by Gasteiger charge is 2.24. The van der Waals surface area contributed by atoms with Crippen LogP contribution in [0.2, 0.25) is 0 Å². The highest BCUT2D eigenvalue weighted by molar-refractivity contribution is 5.58. The summed E-state index contributed by atoms with van der Waals surface area (Å²) in [5, 5.41) is 6.60. The van der Waals surface area contributed by atoms with Crippen LogP contribution in [0, 0.1) is 6.92 Å². The van der Waals surface area contributed by atoms with E-state index < -0.39 is 0 Å². The Morgan fingerprint density at radius 3 is 2.05 bits per heavy atom. The van der Waals surface area contributed by atoms with Gasteiger partial charge in [0.1, 0.15) is 17.5 Å². The number of aromatic nitrogens is 2. The van der Waals surface area contributed by atoms with Gasteiger partial charge < -0.3 is 15.4 Å². The topological polar surface area (TPSA) is 59.1 Å². The minimum atomic E-state index is -0.186. The summed E-state index contributed by atoms with van der Waals surface area (Å²) < 4.78 is 5.25. The van der Waals surface area contributed by atoms with Gasteiger partial charge in [0.05, 0.1) is 12.1 Å². The van der Waals surface area contributed by atoms with Crippen molar-refractivity contribution in [1.29, 1.82) is 0 Å². The fourth-order valence-electron chi connectivity index (χ4n) is 1.93. The van der Waals surface area contributed by atoms with Crippen LogP contribution in [0.1, 0.15) is 46.0 Å². The lowest BCUT2D eigenvalue weighted by Crippen LogP contribution is -2.37. The van der Waals surface area contributed by atoms with E-state index in [1.807, 2.05) is 14.0 Å². The third kappa shape index (κ3) is 4.07. The zero-order valence-electron chi connectivity index (χ0n) is 14.0. The van der Waals surface area contributed by atoms with Gasteiger partial charge in [-0.2, -0.15) is 0 Å². The van der Waals surface area contributed by atoms with Crippen LogP contribution < -0.4 is 10.6 Å². The van der Waals surface area contributed by atoms with Gasteiger partial charge in [0.15, 0.2) is 0 Å². The number of nitrogens with zero attached hydrogens (tertiary/aromatic N) is 2. The Labute approximate surface area is 122 Å². The molecule has 0 unspecified atom stereocenters. The van der Waals surface area contributed by atoms with Crippen LogP contribution in [-0.2, 0) is 10.2 Å². The van der Waals surface area contributed by atoms with Gasteiger partial charge in [-0.25, -0.2) is 9.97 Å². The molecule has 0 saturated carbocycles. The number of anilines is 2. The van der Waals surface area contributed by atoms with Crippen LogP contribution >= 0.6 is 0 Å². The standard InChI is InChI=1S/C15H28N4O/c1-10-11(16-7)17-13(14(2,3)4)18-12(10)19-15(5,6)9-20-8/h9H2,1-8H3,(H2,16,17,18,19). The zero-order chi connectivity index (χ0) is 15.6. The van der Waals surface area contributed by atoms with Crippen LogP contribution in [-0.4, -0.2) is 36.3 Å². The number of ether oxygens (including phenoxy) is 1. The normalized spacial score (nSPS) is 12.4. The van der Waals surface area contributed by atoms with E-state index in [4.69, 9.17) is 9.72 Å². The first kappa shape index (κ1) is 16.7. The molecule has 1 heterocycles. The monoisotopic (exact) mass is 280 g/mol. The molecule has 0 saturated heterocycles. The third-order valence-corrected chi connectivity index (χ3v) is 3.02. The number of nitrogens with one attached hydrogen (secondary N) is 2. The summed E-state index contributed by atoms with van der Waals surface area (Å²) in [4.78, 5) is 9.31. The maximum Gasteiger partial charge on any atom is 0.138 e. The first-order valence-corrected chi connectivity index (χ1v) is 6.94. The van der Waals surface area contributed by atoms with Crippen molar-refractivity contribution in [2.45, 2.75) is 52.5 Å². The van der Waals surface area contributed by atoms with Gasteiger partial charge in [-0.15, -0.1) is 0 Å². The molecule has 0 aromatic carbocycles. The molecule has 5 heteroatoms. The molecule has 1 rings (SSSR count). The predicted molar refractivity (Wildman–Crippen MR) is 84.6 cm³/mol. The SMILES string of the molecule is CNc1nc(C(C)(C)C)nc(NC(C)(C)COC)c1C. The average molecular weight is 280 g/mol. The number of hydrogen-bond donors (Lipinski definition) is 2. The molecular formula is C15H28N4O. The second-order valence-corrected chi connectivity index (χ2v) is 6.81. The molecule has 0 aliphatic rings. The Bertz CT molecular complexity index is 464. The van der Waals surface area contributed by atoms with E-state index >= 15 is 0 Å². The Balaban J connectivity index is 3.24. The largest absolute Gasteiger partial charge is 0.382 e. The van der Waals surface area contributed by atoms with Crippen LogP contribution in [0.3, 0.4) is 0 Å². The second-order valence-electron chi connectivity index (χ2n) is 6.81. The number of rotatable bonds is 5. The summed E-state index contributed by atoms with van der Waals surface area (Å²) in [6.45, 7) is 13.1. The molecule has 0 radical (unpaired) electrons. The summed E-state index contributed by atoms with van der Waals surface area (Å²) in [5.74, 6) is 2.54. The van der Waals surface area contributed by atoms with E-state index in [1.165, 1.54) is 0 Å². The van der Waals surface area contributed by atoms with Crippen molar-refractivity contribution in [3.05, 3.63) is 11.4 Å². The van der Waals surface area contributed by atoms with Gasteiger partial charge in [-0.3, -0.25) is 0 Å². The molecule has 0 aliphatic heterocycles. The Kier molecular flexibility index (Phi) is 4.97. The Morgan fingerprint density at radius 1 is 1.05 bits per heavy atom. The van der Waals surface area contributed by atoms with Crippen molar-refractivity contribution in [2.24, 2.45) is 0 Å². The summed E-state index contributed by atoms with van der Waals surface area (Å²) in [7, 11) is 3.59. The van der Waals surface area contributed by atoms with E-state index in [0.717, 1.165) is 23.0 Å². The molecule has 2 N–H and O–H groups in total. The fourth-order valence-corrected chi connectivity index (χ4v) is 1.93. The van der Waals surface area contributed by atoms with Gasteiger partial charge >= 0.3 is 0 Å². The summed E-state index contributed by atoms with van der Waals surface area (Å²) in [5.41, 5.74) is 0.736. The number of methoxy groups -OCH3 is 1. The van der Waals surface area contributed by atoms with Crippen molar-refractivity contribution in [1.82, 2.24) is 9.97 Å². The molecule has 5 nitrogen and oxygen atoms in total. The number of hydrogen-bond acceptors (Lipinski definition) is 5. The van der Waals surface area contributed by atoms with Crippen molar-refractivity contribution < 1.29 is 4.74 Å². The van der Waals surface area contributed by atoms with Crippen LogP contribution in [0.4, 0.5) is 11.6 Å². The lowest BCUT2D eigenvalue weighted by atomic mass is 9.95. The third-order valence-electron chi connectivity index (χ3n) is 3.02. The van der Waals surface area contributed by atoms with Crippen LogP contribution in [0.5, 0.6) is 0 Å². The highest BCUT2D eigenvalue weighted by atomic mass is 16.5. The fraction of sp³-hybridized carbons (Fsp3) is 0.733. The molecule has 0 atom stereocenters. The average Bonchev–Trinajstić information content (AvgIpc) is 2.29. The van der Waals surface area contributed by atoms with Gasteiger partial charge in [0, 0.05) is 25.1 Å². The molecule has 0 bridgehead atoms. The molecule has 20 heavy (non-hydrogen) atoms. The van der Waals surface area contributed by atoms with E-state index in [2.05, 4.69) is 50.2 Å². The van der Waals surface area contributed by atoms with Gasteiger partial charge in [0.2, 0.25) is 0 Å². The minimum absolute atomic E-state index is 0.0961. The molecule has 0 aliphatic carbocycles. The quantitative estimate of drug-likeness (QED) is 0.868. The molecule has 0 spiro atoms. The van der Waals surface area contributed by atoms with Crippen LogP contribution in [0.15, 0.2) is 0 Å². The maximum absolute atomic E-state index is 5.25. The minimum Gasteiger partial charge on any atom is -0.382 e. The van der Waals surface area contributed by atoms with Crippen LogP contribution in [0.25, 0.3) is 0 Å². The van der Waals surface area contributed by atoms with Gasteiger partial charge in [-0.05, 0) is 20.8 Å². The molecule has 0 fully saturated rings. The van der Waals surface area contributed by atoms with E-state index in [-0.39, 0.29) is 11.0 Å². The van der Waals surface area contributed by atoms with E-state index in [1.54, 1.807) is 7.11 Å². The smallest absolute Gasteiger partial charge is 0.138 e. The first-order valence-electron chi connectivity index (χ1n) is 6.94. The highest BCUT2D eigenvalue weighted by Crippen LogP contribution is 2.27. The van der Waals surface area contributed by atoms with Crippen molar-refractivity contribution in [3.8, 4) is 0 Å².